The molecular formula is C12H22O2. The van der Waals surface area contributed by atoms with Gasteiger partial charge in [-0.05, 0) is 40.5 Å². The molecule has 1 saturated carbocycles. The zero-order chi connectivity index (χ0) is 10.8. The Bertz CT molecular complexity index is 207. The summed E-state index contributed by atoms with van der Waals surface area (Å²) >= 11 is 0. The molecule has 0 aromatic carbocycles. The summed E-state index contributed by atoms with van der Waals surface area (Å²) in [4.78, 5) is 11.9. The maximum absolute atomic E-state index is 11.9. The van der Waals surface area contributed by atoms with E-state index in [9.17, 15) is 4.79 Å². The molecule has 2 heteroatoms. The van der Waals surface area contributed by atoms with Crippen molar-refractivity contribution in [3.8, 4) is 0 Å². The fourth-order valence-corrected chi connectivity index (χ4v) is 1.94. The molecule has 0 aromatic rings. The lowest BCUT2D eigenvalue weighted by Gasteiger charge is -2.34. The van der Waals surface area contributed by atoms with Gasteiger partial charge in [-0.1, -0.05) is 19.3 Å². The normalized spacial score (nSPS) is 21.7. The van der Waals surface area contributed by atoms with Gasteiger partial charge in [-0.25, -0.2) is 0 Å². The Morgan fingerprint density at radius 3 is 2.07 bits per heavy atom. The van der Waals surface area contributed by atoms with Gasteiger partial charge in [-0.15, -0.1) is 0 Å². The Morgan fingerprint density at radius 2 is 1.64 bits per heavy atom. The smallest absolute Gasteiger partial charge is 0.312 e. The lowest BCUT2D eigenvalue weighted by atomic mass is 9.76. The Hall–Kier alpha value is -0.530. The van der Waals surface area contributed by atoms with E-state index in [2.05, 4.69) is 0 Å². The largest absolute Gasteiger partial charge is 0.460 e. The van der Waals surface area contributed by atoms with E-state index in [1.165, 1.54) is 6.42 Å². The van der Waals surface area contributed by atoms with E-state index in [0.717, 1.165) is 25.7 Å². The molecule has 0 N–H and O–H groups in total. The Kier molecular flexibility index (Phi) is 3.23. The second kappa shape index (κ2) is 3.92. The van der Waals surface area contributed by atoms with Gasteiger partial charge in [0.05, 0.1) is 5.41 Å². The Morgan fingerprint density at radius 1 is 1.14 bits per heavy atom. The monoisotopic (exact) mass is 198 g/mol. The fourth-order valence-electron chi connectivity index (χ4n) is 1.94. The summed E-state index contributed by atoms with van der Waals surface area (Å²) in [6, 6.07) is 0. The second-order valence-corrected chi connectivity index (χ2v) is 5.62. The molecule has 14 heavy (non-hydrogen) atoms. The van der Waals surface area contributed by atoms with E-state index in [4.69, 9.17) is 4.74 Å². The van der Waals surface area contributed by atoms with E-state index >= 15 is 0 Å². The molecule has 1 rings (SSSR count). The highest BCUT2D eigenvalue weighted by Gasteiger charge is 2.37. The van der Waals surface area contributed by atoms with Crippen LogP contribution >= 0.6 is 0 Å². The van der Waals surface area contributed by atoms with Gasteiger partial charge in [-0.2, -0.15) is 0 Å². The molecule has 1 fully saturated rings. The molecule has 0 heterocycles. The highest BCUT2D eigenvalue weighted by molar-refractivity contribution is 5.76. The molecule has 0 unspecified atom stereocenters. The van der Waals surface area contributed by atoms with Crippen LogP contribution in [0.3, 0.4) is 0 Å². The van der Waals surface area contributed by atoms with Gasteiger partial charge in [0.25, 0.3) is 0 Å². The number of carbonyl (C=O) groups excluding carboxylic acids is 1. The van der Waals surface area contributed by atoms with Crippen LogP contribution in [0.4, 0.5) is 0 Å². The van der Waals surface area contributed by atoms with Gasteiger partial charge in [0.2, 0.25) is 0 Å². The van der Waals surface area contributed by atoms with E-state index in [-0.39, 0.29) is 17.0 Å². The molecule has 0 aliphatic heterocycles. The van der Waals surface area contributed by atoms with Crippen LogP contribution in [0.25, 0.3) is 0 Å². The summed E-state index contributed by atoms with van der Waals surface area (Å²) in [5, 5.41) is 0. The molecule has 0 radical (unpaired) electrons. The van der Waals surface area contributed by atoms with Crippen LogP contribution in [-0.2, 0) is 9.53 Å². The van der Waals surface area contributed by atoms with Gasteiger partial charge in [0.15, 0.2) is 0 Å². The summed E-state index contributed by atoms with van der Waals surface area (Å²) in [6.07, 6.45) is 5.56. The Labute approximate surface area is 87.0 Å². The van der Waals surface area contributed by atoms with Crippen molar-refractivity contribution < 1.29 is 9.53 Å². The number of hydrogen-bond donors (Lipinski definition) is 0. The van der Waals surface area contributed by atoms with Crippen LogP contribution in [0.1, 0.15) is 59.8 Å². The van der Waals surface area contributed by atoms with Gasteiger partial charge >= 0.3 is 5.97 Å². The zero-order valence-corrected chi connectivity index (χ0v) is 9.85. The molecule has 0 spiro atoms. The van der Waals surface area contributed by atoms with E-state index in [1.807, 2.05) is 27.7 Å². The molecule has 0 bridgehead atoms. The first-order valence-electron chi connectivity index (χ1n) is 5.57. The SMILES string of the molecule is CC(C)(C)OC(=O)C1(C)CCCCC1. The lowest BCUT2D eigenvalue weighted by Crippen LogP contribution is -2.37. The third kappa shape index (κ3) is 3.00. The first-order valence-corrected chi connectivity index (χ1v) is 5.57. The summed E-state index contributed by atoms with van der Waals surface area (Å²) < 4.78 is 5.44. The first-order chi connectivity index (χ1) is 6.33. The number of esters is 1. The molecule has 2 nitrogen and oxygen atoms in total. The van der Waals surface area contributed by atoms with Crippen LogP contribution in [0.5, 0.6) is 0 Å². The van der Waals surface area contributed by atoms with Crippen molar-refractivity contribution in [3.63, 3.8) is 0 Å². The van der Waals surface area contributed by atoms with Gasteiger partial charge in [0.1, 0.15) is 5.60 Å². The van der Waals surface area contributed by atoms with Crippen LogP contribution < -0.4 is 0 Å². The van der Waals surface area contributed by atoms with Crippen LogP contribution in [0, 0.1) is 5.41 Å². The predicted molar refractivity (Wildman–Crippen MR) is 57.0 cm³/mol. The maximum Gasteiger partial charge on any atom is 0.312 e. The van der Waals surface area contributed by atoms with Crippen molar-refractivity contribution >= 4 is 5.97 Å². The molecule has 0 aromatic heterocycles. The number of hydrogen-bond acceptors (Lipinski definition) is 2. The summed E-state index contributed by atoms with van der Waals surface area (Å²) in [5.41, 5.74) is -0.566. The van der Waals surface area contributed by atoms with Gasteiger partial charge in [-0.3, -0.25) is 4.79 Å². The van der Waals surface area contributed by atoms with Gasteiger partial charge in [0, 0.05) is 0 Å². The summed E-state index contributed by atoms with van der Waals surface area (Å²) in [5.74, 6) is -0.00954. The van der Waals surface area contributed by atoms with Crippen molar-refractivity contribution in [2.45, 2.75) is 65.4 Å². The van der Waals surface area contributed by atoms with Crippen LogP contribution in [-0.4, -0.2) is 11.6 Å². The topological polar surface area (TPSA) is 26.3 Å². The molecule has 0 saturated heterocycles. The minimum atomic E-state index is -0.350. The highest BCUT2D eigenvalue weighted by Crippen LogP contribution is 2.37. The predicted octanol–water partition coefficient (Wildman–Crippen LogP) is 3.30. The lowest BCUT2D eigenvalue weighted by molar-refractivity contribution is -0.168. The van der Waals surface area contributed by atoms with Gasteiger partial charge < -0.3 is 4.74 Å². The molecule has 1 aliphatic carbocycles. The molecule has 0 atom stereocenters. The van der Waals surface area contributed by atoms with E-state index in [0.29, 0.717) is 0 Å². The standard InChI is InChI=1S/C12H22O2/c1-11(2,3)14-10(13)12(4)8-6-5-7-9-12/h5-9H2,1-4H3. The van der Waals surface area contributed by atoms with Crippen LogP contribution in [0.2, 0.25) is 0 Å². The van der Waals surface area contributed by atoms with Crippen molar-refractivity contribution in [2.75, 3.05) is 0 Å². The van der Waals surface area contributed by atoms with E-state index < -0.39 is 0 Å². The number of ether oxygens (including phenoxy) is 1. The zero-order valence-electron chi connectivity index (χ0n) is 9.85. The fraction of sp³-hybridized carbons (Fsp3) is 0.917. The molecular weight excluding hydrogens is 176 g/mol. The summed E-state index contributed by atoms with van der Waals surface area (Å²) in [7, 11) is 0. The minimum Gasteiger partial charge on any atom is -0.460 e. The second-order valence-electron chi connectivity index (χ2n) is 5.62. The maximum atomic E-state index is 11.9. The van der Waals surface area contributed by atoms with Crippen molar-refractivity contribution in [1.29, 1.82) is 0 Å². The molecule has 0 amide bonds. The third-order valence-corrected chi connectivity index (χ3v) is 2.85. The molecule has 82 valence electrons. The number of carbonyl (C=O) groups is 1. The average molecular weight is 198 g/mol. The number of rotatable bonds is 1. The summed E-state index contributed by atoms with van der Waals surface area (Å²) in [6.45, 7) is 7.82. The Balaban J connectivity index is 2.58. The van der Waals surface area contributed by atoms with Crippen LogP contribution in [0.15, 0.2) is 0 Å². The van der Waals surface area contributed by atoms with E-state index in [1.54, 1.807) is 0 Å². The average Bonchev–Trinajstić information content (AvgIpc) is 2.02. The molecule has 1 aliphatic rings. The minimum absolute atomic E-state index is 0.00954. The van der Waals surface area contributed by atoms with Crippen molar-refractivity contribution in [2.24, 2.45) is 5.41 Å². The third-order valence-electron chi connectivity index (χ3n) is 2.85. The van der Waals surface area contributed by atoms with Crippen molar-refractivity contribution in [3.05, 3.63) is 0 Å². The van der Waals surface area contributed by atoms with Crippen molar-refractivity contribution in [1.82, 2.24) is 0 Å². The highest BCUT2D eigenvalue weighted by atomic mass is 16.6. The first kappa shape index (κ1) is 11.5. The quantitative estimate of drug-likeness (QED) is 0.604.